The van der Waals surface area contributed by atoms with Crippen LogP contribution in [0.5, 0.6) is 0 Å². The summed E-state index contributed by atoms with van der Waals surface area (Å²) in [6, 6.07) is 0. The van der Waals surface area contributed by atoms with Gasteiger partial charge in [0, 0.05) is 0 Å². The van der Waals surface area contributed by atoms with Crippen LogP contribution >= 0.6 is 0 Å². The van der Waals surface area contributed by atoms with E-state index in [0.29, 0.717) is 0 Å². The molecule has 0 saturated carbocycles. The minimum absolute atomic E-state index is 1.56. The van der Waals surface area contributed by atoms with Crippen molar-refractivity contribution in [1.29, 1.82) is 0 Å². The molecule has 36 valence electrons. The fourth-order valence-electron chi connectivity index (χ4n) is 0.0827. The summed E-state index contributed by atoms with van der Waals surface area (Å²) in [7, 11) is -1.74. The van der Waals surface area contributed by atoms with E-state index in [1.807, 2.05) is 0 Å². The molecule has 0 radical (unpaired) electrons. The first kappa shape index (κ1) is 6.44. The fourth-order valence-corrected chi connectivity index (χ4v) is 0.248. The molecule has 0 aromatic rings. The van der Waals surface area contributed by atoms with E-state index < -0.39 is 10.3 Å². The summed E-state index contributed by atoms with van der Waals surface area (Å²) >= 11 is 0. The molecule has 0 aliphatic rings. The first-order chi connectivity index (χ1) is 3.27. The predicted octanol–water partition coefficient (Wildman–Crippen LogP) is -0.269. The van der Waals surface area contributed by atoms with Crippen molar-refractivity contribution in [2.75, 3.05) is 0 Å². The van der Waals surface area contributed by atoms with Crippen LogP contribution in [0.3, 0.4) is 0 Å². The van der Waals surface area contributed by atoms with Gasteiger partial charge in [-0.05, 0) is 0 Å². The van der Waals surface area contributed by atoms with Gasteiger partial charge in [-0.15, -0.1) is 0 Å². The van der Waals surface area contributed by atoms with E-state index in [1.165, 1.54) is 0 Å². The van der Waals surface area contributed by atoms with Crippen molar-refractivity contribution >= 4 is 16.8 Å². The molecular formula is C3H3BO2S. The van der Waals surface area contributed by atoms with Crippen LogP contribution in [0.2, 0.25) is 0 Å². The van der Waals surface area contributed by atoms with Crippen molar-refractivity contribution in [3.63, 3.8) is 0 Å². The van der Waals surface area contributed by atoms with Crippen LogP contribution in [0.15, 0.2) is 0 Å². The van der Waals surface area contributed by atoms with Crippen LogP contribution in [0.1, 0.15) is 6.92 Å². The average Bonchev–Trinajstić information content (AvgIpc) is 1.61. The zero-order valence-electron chi connectivity index (χ0n) is 3.80. The van der Waals surface area contributed by atoms with Crippen molar-refractivity contribution in [2.45, 2.75) is 6.92 Å². The van der Waals surface area contributed by atoms with Gasteiger partial charge in [0.05, 0.1) is 0 Å². The minimum atomic E-state index is -1.74. The molecule has 0 spiro atoms. The van der Waals surface area contributed by atoms with Crippen LogP contribution in [-0.2, 0) is 14.5 Å². The van der Waals surface area contributed by atoms with Gasteiger partial charge < -0.3 is 0 Å². The van der Waals surface area contributed by atoms with Crippen molar-refractivity contribution < 1.29 is 8.39 Å². The molecule has 0 aromatic carbocycles. The Morgan fingerprint density at radius 1 is 1.86 bits per heavy atom. The molecule has 0 rings (SSSR count). The summed E-state index contributed by atoms with van der Waals surface area (Å²) in [5.74, 6) is 2.35. The molecule has 0 N–H and O–H groups in total. The molecule has 0 aliphatic heterocycles. The Labute approximate surface area is 45.0 Å². The van der Waals surface area contributed by atoms with Crippen molar-refractivity contribution in [2.24, 2.45) is 0 Å². The molecule has 0 atom stereocenters. The standard InChI is InChI=1S/C3H3BO2S/c1-2-3-6-7(4)5/h1H3. The molecule has 0 aromatic heterocycles. The van der Waals surface area contributed by atoms with Gasteiger partial charge in [-0.25, -0.2) is 0 Å². The normalized spacial score (nSPS) is 6.14. The van der Waals surface area contributed by atoms with Gasteiger partial charge in [0.2, 0.25) is 0 Å². The number of hydrogen-bond donors (Lipinski definition) is 0. The molecule has 0 amide bonds. The van der Waals surface area contributed by atoms with Crippen LogP contribution in [0.25, 0.3) is 0 Å². The second-order valence-corrected chi connectivity index (χ2v) is 1.38. The van der Waals surface area contributed by atoms with Gasteiger partial charge >= 0.3 is 44.2 Å². The zero-order valence-corrected chi connectivity index (χ0v) is 4.62. The summed E-state index contributed by atoms with van der Waals surface area (Å²) in [4.78, 5) is 0. The number of hydrogen-bond acceptors (Lipinski definition) is 2. The van der Waals surface area contributed by atoms with E-state index >= 15 is 0 Å². The SMILES string of the molecule is B#S(=O)OC#CC. The van der Waals surface area contributed by atoms with E-state index in [9.17, 15) is 4.21 Å². The fraction of sp³-hybridized carbons (Fsp3) is 0.333. The molecule has 7 heavy (non-hydrogen) atoms. The van der Waals surface area contributed by atoms with Gasteiger partial charge in [-0.2, -0.15) is 0 Å². The van der Waals surface area contributed by atoms with Gasteiger partial charge in [-0.3, -0.25) is 0 Å². The Bertz CT molecular complexity index is 204. The maximum atomic E-state index is 9.77. The molecule has 0 fully saturated rings. The third kappa shape index (κ3) is 5.44. The Hall–Kier alpha value is -0.555. The zero-order chi connectivity index (χ0) is 5.70. The molecule has 2 nitrogen and oxygen atoms in total. The van der Waals surface area contributed by atoms with Crippen LogP contribution < -0.4 is 0 Å². The quantitative estimate of drug-likeness (QED) is 0.320. The summed E-state index contributed by atoms with van der Waals surface area (Å²) in [5, 5.41) is 0. The van der Waals surface area contributed by atoms with Crippen LogP contribution in [0, 0.1) is 12.0 Å². The molecule has 0 heterocycles. The van der Waals surface area contributed by atoms with Crippen molar-refractivity contribution in [3.05, 3.63) is 0 Å². The van der Waals surface area contributed by atoms with Gasteiger partial charge in [0.1, 0.15) is 0 Å². The third-order valence-electron chi connectivity index (χ3n) is 0.226. The maximum absolute atomic E-state index is 9.77. The second-order valence-electron chi connectivity index (χ2n) is 0.696. The van der Waals surface area contributed by atoms with Crippen LogP contribution in [-0.4, -0.2) is 10.7 Å². The molecule has 0 bridgehead atoms. The van der Waals surface area contributed by atoms with Crippen molar-refractivity contribution in [3.8, 4) is 12.0 Å². The number of rotatable bonds is 0. The molecule has 4 heteroatoms. The van der Waals surface area contributed by atoms with E-state index in [1.54, 1.807) is 6.92 Å². The van der Waals surface area contributed by atoms with Crippen LogP contribution in [0.4, 0.5) is 0 Å². The second kappa shape index (κ2) is 3.63. The Balaban J connectivity index is 3.55. The summed E-state index contributed by atoms with van der Waals surface area (Å²) < 4.78 is 13.8. The predicted molar refractivity (Wildman–Crippen MR) is 28.4 cm³/mol. The monoisotopic (exact) mass is 114 g/mol. The van der Waals surface area contributed by atoms with Gasteiger partial charge in [0.15, 0.2) is 0 Å². The van der Waals surface area contributed by atoms with E-state index in [-0.39, 0.29) is 0 Å². The van der Waals surface area contributed by atoms with Gasteiger partial charge in [0.25, 0.3) is 0 Å². The first-order valence-electron chi connectivity index (χ1n) is 1.52. The van der Waals surface area contributed by atoms with E-state index in [4.69, 9.17) is 0 Å². The Morgan fingerprint density at radius 2 is 2.43 bits per heavy atom. The summed E-state index contributed by atoms with van der Waals surface area (Å²) in [6.45, 7) is 6.19. The Kier molecular flexibility index (Phi) is 3.34. The molecule has 0 unspecified atom stereocenters. The summed E-state index contributed by atoms with van der Waals surface area (Å²) in [5.41, 5.74) is 0. The third-order valence-corrected chi connectivity index (χ3v) is 0.473. The average molecular weight is 114 g/mol. The molecule has 0 saturated heterocycles. The van der Waals surface area contributed by atoms with Gasteiger partial charge in [-0.1, -0.05) is 0 Å². The molecular weight excluding hydrogens is 111 g/mol. The van der Waals surface area contributed by atoms with Crippen molar-refractivity contribution in [1.82, 2.24) is 0 Å². The first-order valence-corrected chi connectivity index (χ1v) is 2.66. The van der Waals surface area contributed by atoms with E-state index in [0.717, 1.165) is 0 Å². The summed E-state index contributed by atoms with van der Waals surface area (Å²) in [6.07, 6.45) is 2.07. The Morgan fingerprint density at radius 3 is 2.57 bits per heavy atom. The molecule has 0 aliphatic carbocycles. The van der Waals surface area contributed by atoms with E-state index in [2.05, 4.69) is 22.7 Å². The topological polar surface area (TPSA) is 26.3 Å².